The molecular formula is C11H21NO. The number of nitrogens with two attached hydrogens (primary N) is 1. The zero-order valence-electron chi connectivity index (χ0n) is 8.81. The average molecular weight is 183 g/mol. The fraction of sp³-hybridized carbons (Fsp3) is 0.909. The highest BCUT2D eigenvalue weighted by molar-refractivity contribution is 5.89. The Kier molecular flexibility index (Phi) is 3.48. The van der Waals surface area contributed by atoms with E-state index in [0.29, 0.717) is 18.1 Å². The van der Waals surface area contributed by atoms with Gasteiger partial charge in [0.1, 0.15) is 0 Å². The van der Waals surface area contributed by atoms with Crippen molar-refractivity contribution in [3.8, 4) is 0 Å². The van der Waals surface area contributed by atoms with E-state index in [0.717, 1.165) is 32.1 Å². The first kappa shape index (κ1) is 10.7. The van der Waals surface area contributed by atoms with E-state index in [1.165, 1.54) is 0 Å². The molecule has 1 rings (SSSR count). The minimum absolute atomic E-state index is 0.291. The van der Waals surface area contributed by atoms with Gasteiger partial charge in [-0.1, -0.05) is 26.7 Å². The van der Waals surface area contributed by atoms with Crippen LogP contribution in [-0.4, -0.2) is 11.3 Å². The van der Waals surface area contributed by atoms with Gasteiger partial charge < -0.3 is 5.73 Å². The number of ketones is 1. The van der Waals surface area contributed by atoms with Gasteiger partial charge in [-0.05, 0) is 25.2 Å². The molecule has 1 unspecified atom stereocenters. The second-order valence-corrected chi connectivity index (χ2v) is 4.53. The Morgan fingerprint density at radius 1 is 1.54 bits per heavy atom. The summed E-state index contributed by atoms with van der Waals surface area (Å²) in [6.45, 7) is 4.30. The maximum atomic E-state index is 11.7. The lowest BCUT2D eigenvalue weighted by atomic mass is 9.72. The van der Waals surface area contributed by atoms with Crippen LogP contribution in [0.3, 0.4) is 0 Å². The molecule has 1 aliphatic rings. The van der Waals surface area contributed by atoms with Crippen molar-refractivity contribution in [3.05, 3.63) is 0 Å². The van der Waals surface area contributed by atoms with E-state index in [-0.39, 0.29) is 0 Å². The van der Waals surface area contributed by atoms with Gasteiger partial charge in [0.2, 0.25) is 0 Å². The predicted octanol–water partition coefficient (Wildman–Crippen LogP) is 2.26. The number of hydrogen-bond acceptors (Lipinski definition) is 2. The first-order valence-electron chi connectivity index (χ1n) is 5.40. The largest absolute Gasteiger partial charge is 0.319 e. The lowest BCUT2D eigenvalue weighted by molar-refractivity contribution is -0.127. The molecule has 0 saturated heterocycles. The zero-order chi connectivity index (χ0) is 9.90. The third-order valence-electron chi connectivity index (χ3n) is 3.12. The Hall–Kier alpha value is -0.370. The van der Waals surface area contributed by atoms with Crippen molar-refractivity contribution >= 4 is 5.78 Å². The van der Waals surface area contributed by atoms with Crippen LogP contribution in [0.1, 0.15) is 52.4 Å². The Labute approximate surface area is 80.9 Å². The van der Waals surface area contributed by atoms with Crippen LogP contribution in [0.4, 0.5) is 0 Å². The lowest BCUT2D eigenvalue weighted by Gasteiger charge is -2.37. The van der Waals surface area contributed by atoms with Crippen molar-refractivity contribution in [1.29, 1.82) is 0 Å². The number of rotatable bonds is 5. The maximum Gasteiger partial charge on any atom is 0.152 e. The van der Waals surface area contributed by atoms with E-state index in [9.17, 15) is 4.79 Å². The zero-order valence-corrected chi connectivity index (χ0v) is 8.81. The first-order valence-corrected chi connectivity index (χ1v) is 5.40. The molecule has 1 aliphatic carbocycles. The molecule has 13 heavy (non-hydrogen) atoms. The topological polar surface area (TPSA) is 43.1 Å². The fourth-order valence-corrected chi connectivity index (χ4v) is 1.95. The summed E-state index contributed by atoms with van der Waals surface area (Å²) >= 11 is 0. The molecule has 1 fully saturated rings. The van der Waals surface area contributed by atoms with Crippen molar-refractivity contribution < 1.29 is 4.79 Å². The van der Waals surface area contributed by atoms with Crippen molar-refractivity contribution in [2.75, 3.05) is 0 Å². The van der Waals surface area contributed by atoms with Gasteiger partial charge in [0.15, 0.2) is 5.78 Å². The molecule has 0 amide bonds. The minimum atomic E-state index is -0.429. The Bertz CT molecular complexity index is 185. The molecule has 0 aromatic carbocycles. The van der Waals surface area contributed by atoms with Crippen LogP contribution in [0.15, 0.2) is 0 Å². The van der Waals surface area contributed by atoms with E-state index >= 15 is 0 Å². The van der Waals surface area contributed by atoms with Gasteiger partial charge in [-0.25, -0.2) is 0 Å². The van der Waals surface area contributed by atoms with E-state index in [1.807, 2.05) is 0 Å². The highest BCUT2D eigenvalue weighted by Gasteiger charge is 2.39. The first-order chi connectivity index (χ1) is 6.08. The minimum Gasteiger partial charge on any atom is -0.319 e. The number of Topliss-reactive ketones (excluding diaryl/α,β-unsaturated/α-hetero) is 1. The van der Waals surface area contributed by atoms with Crippen molar-refractivity contribution in [1.82, 2.24) is 0 Å². The quantitative estimate of drug-likeness (QED) is 0.710. The highest BCUT2D eigenvalue weighted by Crippen LogP contribution is 2.32. The standard InChI is InChI=1S/C11H21NO/c1-3-5-9(2)8-10(13)11(12)6-4-7-11/h9H,3-8,12H2,1-2H3. The van der Waals surface area contributed by atoms with Crippen LogP contribution in [0.2, 0.25) is 0 Å². The van der Waals surface area contributed by atoms with Gasteiger partial charge in [0.05, 0.1) is 5.54 Å². The van der Waals surface area contributed by atoms with Gasteiger partial charge >= 0.3 is 0 Å². The van der Waals surface area contributed by atoms with Gasteiger partial charge in [0.25, 0.3) is 0 Å². The summed E-state index contributed by atoms with van der Waals surface area (Å²) in [4.78, 5) is 11.7. The smallest absolute Gasteiger partial charge is 0.152 e. The van der Waals surface area contributed by atoms with Gasteiger partial charge in [-0.3, -0.25) is 4.79 Å². The van der Waals surface area contributed by atoms with Crippen LogP contribution in [0, 0.1) is 5.92 Å². The molecule has 2 nitrogen and oxygen atoms in total. The summed E-state index contributed by atoms with van der Waals surface area (Å²) in [5.74, 6) is 0.804. The highest BCUT2D eigenvalue weighted by atomic mass is 16.1. The van der Waals surface area contributed by atoms with E-state index in [2.05, 4.69) is 13.8 Å². The summed E-state index contributed by atoms with van der Waals surface area (Å²) in [7, 11) is 0. The summed E-state index contributed by atoms with van der Waals surface area (Å²) in [5.41, 5.74) is 5.51. The SMILES string of the molecule is CCCC(C)CC(=O)C1(N)CCC1. The third-order valence-corrected chi connectivity index (χ3v) is 3.12. The van der Waals surface area contributed by atoms with E-state index in [4.69, 9.17) is 5.73 Å². The van der Waals surface area contributed by atoms with Crippen molar-refractivity contribution in [2.24, 2.45) is 11.7 Å². The summed E-state index contributed by atoms with van der Waals surface area (Å²) in [6.07, 6.45) is 5.93. The van der Waals surface area contributed by atoms with Crippen LogP contribution >= 0.6 is 0 Å². The summed E-state index contributed by atoms with van der Waals surface area (Å²) in [5, 5.41) is 0. The van der Waals surface area contributed by atoms with Crippen LogP contribution in [0.5, 0.6) is 0 Å². The van der Waals surface area contributed by atoms with Gasteiger partial charge in [-0.15, -0.1) is 0 Å². The molecule has 1 saturated carbocycles. The van der Waals surface area contributed by atoms with Gasteiger partial charge in [0, 0.05) is 6.42 Å². The Morgan fingerprint density at radius 3 is 2.54 bits per heavy atom. The molecule has 2 heteroatoms. The normalized spacial score (nSPS) is 22.1. The monoisotopic (exact) mass is 183 g/mol. The third kappa shape index (κ3) is 2.53. The molecule has 0 spiro atoms. The number of carbonyl (C=O) groups is 1. The molecular weight excluding hydrogens is 162 g/mol. The molecule has 2 N–H and O–H groups in total. The Morgan fingerprint density at radius 2 is 2.15 bits per heavy atom. The molecule has 0 bridgehead atoms. The molecule has 1 atom stereocenters. The van der Waals surface area contributed by atoms with E-state index < -0.39 is 5.54 Å². The fourth-order valence-electron chi connectivity index (χ4n) is 1.95. The number of carbonyl (C=O) groups excluding carboxylic acids is 1. The molecule has 0 radical (unpaired) electrons. The van der Waals surface area contributed by atoms with Crippen molar-refractivity contribution in [3.63, 3.8) is 0 Å². The maximum absolute atomic E-state index is 11.7. The summed E-state index contributed by atoms with van der Waals surface area (Å²) < 4.78 is 0. The lowest BCUT2D eigenvalue weighted by Crippen LogP contribution is -2.53. The average Bonchev–Trinajstić information content (AvgIpc) is 2.00. The van der Waals surface area contributed by atoms with Crippen LogP contribution < -0.4 is 5.73 Å². The van der Waals surface area contributed by atoms with Crippen LogP contribution in [-0.2, 0) is 4.79 Å². The number of hydrogen-bond donors (Lipinski definition) is 1. The molecule has 76 valence electrons. The predicted molar refractivity (Wildman–Crippen MR) is 54.5 cm³/mol. The van der Waals surface area contributed by atoms with Crippen LogP contribution in [0.25, 0.3) is 0 Å². The summed E-state index contributed by atoms with van der Waals surface area (Å²) in [6, 6.07) is 0. The molecule has 0 aromatic heterocycles. The van der Waals surface area contributed by atoms with Gasteiger partial charge in [-0.2, -0.15) is 0 Å². The second-order valence-electron chi connectivity index (χ2n) is 4.53. The molecule has 0 aliphatic heterocycles. The Balaban J connectivity index is 2.32. The van der Waals surface area contributed by atoms with E-state index in [1.54, 1.807) is 0 Å². The van der Waals surface area contributed by atoms with Crippen molar-refractivity contribution in [2.45, 2.75) is 57.9 Å². The molecule has 0 heterocycles. The molecule has 0 aromatic rings. The second kappa shape index (κ2) is 4.23.